The first kappa shape index (κ1) is 27.4. The lowest BCUT2D eigenvalue weighted by atomic mass is 9.73. The standard InChI is InChI=1S/C26H40N2O4S/c1-16-11-9-7-8-10-12-21(17(2)13-20-15-33-19(4)27-20)28-23(30)14-22(29)26(5,6)25(32)18(3)24(16)31/h8,10,13,15-16,18,21-22,24,29,31H,7,9,11-12,14H2,1-6H3,(H,28,30)/b10-8+,17-13+/t16-,18+,21-,22-,24-/m0/s1. The van der Waals surface area contributed by atoms with Gasteiger partial charge in [-0.05, 0) is 57.1 Å². The van der Waals surface area contributed by atoms with Gasteiger partial charge in [-0.3, -0.25) is 9.59 Å². The third-order valence-electron chi connectivity index (χ3n) is 6.82. The van der Waals surface area contributed by atoms with Crippen LogP contribution in [0.15, 0.2) is 23.1 Å². The van der Waals surface area contributed by atoms with Gasteiger partial charge in [-0.15, -0.1) is 11.3 Å². The van der Waals surface area contributed by atoms with E-state index in [1.54, 1.807) is 32.1 Å². The van der Waals surface area contributed by atoms with Gasteiger partial charge in [0.25, 0.3) is 0 Å². The molecule has 1 aromatic rings. The molecular formula is C26H40N2O4S. The van der Waals surface area contributed by atoms with Crippen molar-refractivity contribution < 1.29 is 19.8 Å². The molecule has 2 heterocycles. The number of rotatable bonds is 2. The maximum atomic E-state index is 13.1. The molecule has 1 aromatic heterocycles. The first-order valence-corrected chi connectivity index (χ1v) is 12.8. The van der Waals surface area contributed by atoms with Crippen molar-refractivity contribution >= 4 is 29.1 Å². The smallest absolute Gasteiger partial charge is 0.223 e. The molecule has 1 aliphatic rings. The SMILES string of the molecule is C/C(=C\c1csc(C)n1)[C@@H]1C/C=C/CCC[C@H](C)[C@H](O)[C@@H](C)C(=O)C(C)(C)[C@@H](O)CC(=O)N1. The van der Waals surface area contributed by atoms with E-state index >= 15 is 0 Å². The Labute approximate surface area is 202 Å². The number of thiazole rings is 1. The van der Waals surface area contributed by atoms with Gasteiger partial charge in [0.05, 0.1) is 40.8 Å². The summed E-state index contributed by atoms with van der Waals surface area (Å²) in [6.07, 6.45) is 7.29. The Morgan fingerprint density at radius 1 is 1.24 bits per heavy atom. The van der Waals surface area contributed by atoms with E-state index in [0.29, 0.717) is 6.42 Å². The predicted octanol–water partition coefficient (Wildman–Crippen LogP) is 4.45. The minimum absolute atomic E-state index is 0.0269. The van der Waals surface area contributed by atoms with Gasteiger partial charge in [-0.2, -0.15) is 0 Å². The molecule has 0 saturated heterocycles. The highest BCUT2D eigenvalue weighted by molar-refractivity contribution is 7.09. The molecule has 0 aliphatic carbocycles. The minimum Gasteiger partial charge on any atom is -0.392 e. The summed E-state index contributed by atoms with van der Waals surface area (Å²) in [6, 6.07) is -0.227. The second kappa shape index (κ2) is 12.0. The van der Waals surface area contributed by atoms with Crippen LogP contribution in [0.3, 0.4) is 0 Å². The summed E-state index contributed by atoms with van der Waals surface area (Å²) in [7, 11) is 0. The van der Waals surface area contributed by atoms with Gasteiger partial charge in [0, 0.05) is 11.3 Å². The number of nitrogens with one attached hydrogen (secondary N) is 1. The number of aromatic nitrogens is 1. The first-order valence-electron chi connectivity index (χ1n) is 11.9. The highest BCUT2D eigenvalue weighted by Crippen LogP contribution is 2.31. The Morgan fingerprint density at radius 3 is 2.58 bits per heavy atom. The van der Waals surface area contributed by atoms with Crippen LogP contribution in [0, 0.1) is 24.2 Å². The van der Waals surface area contributed by atoms with Crippen LogP contribution in [0.2, 0.25) is 0 Å². The van der Waals surface area contributed by atoms with Gasteiger partial charge in [0.15, 0.2) is 0 Å². The van der Waals surface area contributed by atoms with Gasteiger partial charge < -0.3 is 15.5 Å². The zero-order chi connectivity index (χ0) is 24.8. The fraction of sp³-hybridized carbons (Fsp3) is 0.654. The molecule has 2 rings (SSSR count). The molecule has 0 spiro atoms. The molecule has 184 valence electrons. The Bertz CT molecular complexity index is 873. The van der Waals surface area contributed by atoms with Gasteiger partial charge in [0.2, 0.25) is 5.91 Å². The molecule has 33 heavy (non-hydrogen) atoms. The van der Waals surface area contributed by atoms with Crippen molar-refractivity contribution in [3.05, 3.63) is 33.8 Å². The third kappa shape index (κ3) is 7.59. The molecule has 0 radical (unpaired) electrons. The number of amides is 1. The van der Waals surface area contributed by atoms with E-state index in [9.17, 15) is 19.8 Å². The van der Waals surface area contributed by atoms with Crippen molar-refractivity contribution in [1.29, 1.82) is 0 Å². The number of aryl methyl sites for hydroxylation is 1. The van der Waals surface area contributed by atoms with Crippen LogP contribution in [0.25, 0.3) is 6.08 Å². The van der Waals surface area contributed by atoms with Gasteiger partial charge >= 0.3 is 0 Å². The quantitative estimate of drug-likeness (QED) is 0.548. The Hall–Kier alpha value is -1.83. The van der Waals surface area contributed by atoms with E-state index < -0.39 is 23.5 Å². The Kier molecular flexibility index (Phi) is 10.0. The summed E-state index contributed by atoms with van der Waals surface area (Å²) >= 11 is 1.58. The number of hydrogen-bond donors (Lipinski definition) is 3. The second-order valence-corrected chi connectivity index (χ2v) is 11.1. The lowest BCUT2D eigenvalue weighted by Gasteiger charge is -2.34. The monoisotopic (exact) mass is 476 g/mol. The predicted molar refractivity (Wildman–Crippen MR) is 134 cm³/mol. The van der Waals surface area contributed by atoms with Crippen molar-refractivity contribution in [2.45, 2.75) is 91.9 Å². The minimum atomic E-state index is -1.15. The van der Waals surface area contributed by atoms with Crippen molar-refractivity contribution in [2.24, 2.45) is 17.3 Å². The average molecular weight is 477 g/mol. The molecule has 0 bridgehead atoms. The summed E-state index contributed by atoms with van der Waals surface area (Å²) in [4.78, 5) is 30.5. The number of carbonyl (C=O) groups excluding carboxylic acids is 2. The normalized spacial score (nSPS) is 31.8. The van der Waals surface area contributed by atoms with Crippen LogP contribution in [0.5, 0.6) is 0 Å². The summed E-state index contributed by atoms with van der Waals surface area (Å²) in [5, 5.41) is 27.5. The largest absolute Gasteiger partial charge is 0.392 e. The highest BCUT2D eigenvalue weighted by atomic mass is 32.1. The number of allylic oxidation sites excluding steroid dienone is 1. The van der Waals surface area contributed by atoms with Crippen LogP contribution < -0.4 is 5.32 Å². The fourth-order valence-electron chi connectivity index (χ4n) is 4.30. The maximum absolute atomic E-state index is 13.1. The van der Waals surface area contributed by atoms with E-state index in [1.165, 1.54) is 0 Å². The number of ketones is 1. The molecule has 0 aromatic carbocycles. The van der Waals surface area contributed by atoms with Crippen molar-refractivity contribution in [1.82, 2.24) is 10.3 Å². The zero-order valence-corrected chi connectivity index (χ0v) is 21.6. The van der Waals surface area contributed by atoms with E-state index in [-0.39, 0.29) is 30.1 Å². The number of carbonyl (C=O) groups is 2. The Balaban J connectivity index is 2.27. The number of hydrogen-bond acceptors (Lipinski definition) is 6. The first-order chi connectivity index (χ1) is 15.4. The van der Waals surface area contributed by atoms with Crippen molar-refractivity contribution in [3.63, 3.8) is 0 Å². The molecular weight excluding hydrogens is 436 g/mol. The molecule has 6 nitrogen and oxygen atoms in total. The number of nitrogens with zero attached hydrogens (tertiary/aromatic N) is 1. The second-order valence-electron chi connectivity index (χ2n) is 10.0. The third-order valence-corrected chi connectivity index (χ3v) is 7.61. The van der Waals surface area contributed by atoms with Crippen molar-refractivity contribution in [3.8, 4) is 0 Å². The molecule has 0 unspecified atom stereocenters. The van der Waals surface area contributed by atoms with E-state index in [2.05, 4.69) is 22.5 Å². The topological polar surface area (TPSA) is 99.5 Å². The maximum Gasteiger partial charge on any atom is 0.223 e. The lowest BCUT2D eigenvalue weighted by Crippen LogP contribution is -2.47. The highest BCUT2D eigenvalue weighted by Gasteiger charge is 2.42. The van der Waals surface area contributed by atoms with E-state index in [1.807, 2.05) is 32.2 Å². The summed E-state index contributed by atoms with van der Waals surface area (Å²) in [5.41, 5.74) is 0.704. The van der Waals surface area contributed by atoms with Gasteiger partial charge in [-0.1, -0.05) is 39.8 Å². The number of aliphatic hydroxyl groups excluding tert-OH is 2. The van der Waals surface area contributed by atoms with E-state index in [4.69, 9.17) is 0 Å². The molecule has 0 saturated carbocycles. The number of aliphatic hydroxyl groups is 2. The molecule has 5 atom stereocenters. The van der Waals surface area contributed by atoms with E-state index in [0.717, 1.165) is 35.5 Å². The summed E-state index contributed by atoms with van der Waals surface area (Å²) < 4.78 is 0. The van der Waals surface area contributed by atoms with Crippen molar-refractivity contribution in [2.75, 3.05) is 0 Å². The zero-order valence-electron chi connectivity index (χ0n) is 20.8. The fourth-order valence-corrected chi connectivity index (χ4v) is 4.87. The molecule has 1 aliphatic heterocycles. The van der Waals surface area contributed by atoms with Crippen LogP contribution in [0.4, 0.5) is 0 Å². The Morgan fingerprint density at radius 2 is 1.94 bits per heavy atom. The van der Waals surface area contributed by atoms with Crippen LogP contribution >= 0.6 is 11.3 Å². The molecule has 0 fully saturated rings. The lowest BCUT2D eigenvalue weighted by molar-refractivity contribution is -0.143. The average Bonchev–Trinajstić information content (AvgIpc) is 3.16. The molecule has 3 N–H and O–H groups in total. The number of Topliss-reactive ketones (excluding diaryl/α,β-unsaturated/α-hetero) is 1. The van der Waals surface area contributed by atoms with Gasteiger partial charge in [-0.25, -0.2) is 4.98 Å². The molecule has 1 amide bonds. The summed E-state index contributed by atoms with van der Waals surface area (Å²) in [6.45, 7) is 10.9. The summed E-state index contributed by atoms with van der Waals surface area (Å²) in [5.74, 6) is -1.17. The van der Waals surface area contributed by atoms with Gasteiger partial charge in [0.1, 0.15) is 5.78 Å². The van der Waals surface area contributed by atoms with Crippen LogP contribution in [0.1, 0.15) is 77.4 Å². The molecule has 7 heteroatoms. The van der Waals surface area contributed by atoms with Crippen LogP contribution in [-0.2, 0) is 9.59 Å². The van der Waals surface area contributed by atoms with Crippen LogP contribution in [-0.4, -0.2) is 45.1 Å².